The summed E-state index contributed by atoms with van der Waals surface area (Å²) in [6.45, 7) is 2.02. The molecule has 3 aromatic rings. The molecule has 22 heavy (non-hydrogen) atoms. The van der Waals surface area contributed by atoms with Crippen molar-refractivity contribution >= 4 is 11.6 Å². The second kappa shape index (κ2) is 6.02. The fourth-order valence-electron chi connectivity index (χ4n) is 2.79. The summed E-state index contributed by atoms with van der Waals surface area (Å²) in [7, 11) is 0. The molecule has 1 unspecified atom stereocenters. The van der Waals surface area contributed by atoms with Gasteiger partial charge in [0.1, 0.15) is 5.65 Å². The number of pyridine rings is 1. The van der Waals surface area contributed by atoms with Crippen LogP contribution in [-0.2, 0) is 11.2 Å². The second-order valence-electron chi connectivity index (χ2n) is 5.60. The molecule has 0 bridgehead atoms. The lowest BCUT2D eigenvalue weighted by Crippen LogP contribution is -2.11. The van der Waals surface area contributed by atoms with E-state index in [9.17, 15) is 9.90 Å². The first-order valence-corrected chi connectivity index (χ1v) is 7.33. The predicted molar refractivity (Wildman–Crippen MR) is 85.1 cm³/mol. The number of carboxylic acid groups (broad SMARTS) is 1. The number of hydrogen-bond donors (Lipinski definition) is 1. The fourth-order valence-corrected chi connectivity index (χ4v) is 2.79. The third kappa shape index (κ3) is 3.01. The smallest absolute Gasteiger partial charge is 0.304 e. The van der Waals surface area contributed by atoms with Crippen molar-refractivity contribution in [2.45, 2.75) is 25.7 Å². The van der Waals surface area contributed by atoms with Gasteiger partial charge in [0.05, 0.1) is 6.42 Å². The fraction of sp³-hybridized carbons (Fsp3) is 0.222. The normalized spacial score (nSPS) is 12.4. The average Bonchev–Trinajstić information content (AvgIpc) is 2.90. The SMILES string of the molecule is Cc1ccn2c(C(CC(=O)O)Cc3ccccc3)cnc2c1. The minimum Gasteiger partial charge on any atom is -0.481 e. The molecule has 4 heteroatoms. The molecule has 2 aromatic heterocycles. The highest BCUT2D eigenvalue weighted by Gasteiger charge is 2.20. The molecule has 0 spiro atoms. The third-order valence-corrected chi connectivity index (χ3v) is 3.86. The topological polar surface area (TPSA) is 54.6 Å². The van der Waals surface area contributed by atoms with Gasteiger partial charge >= 0.3 is 5.97 Å². The van der Waals surface area contributed by atoms with Crippen LogP contribution < -0.4 is 0 Å². The molecule has 3 rings (SSSR count). The van der Waals surface area contributed by atoms with E-state index in [2.05, 4.69) is 4.98 Å². The molecular formula is C18H18N2O2. The van der Waals surface area contributed by atoms with Crippen LogP contribution in [-0.4, -0.2) is 20.5 Å². The molecule has 0 aliphatic heterocycles. The number of aryl methyl sites for hydroxylation is 1. The van der Waals surface area contributed by atoms with E-state index in [0.717, 1.165) is 22.5 Å². The van der Waals surface area contributed by atoms with E-state index >= 15 is 0 Å². The lowest BCUT2D eigenvalue weighted by Gasteiger charge is -2.15. The zero-order valence-electron chi connectivity index (χ0n) is 12.4. The molecule has 1 atom stereocenters. The zero-order valence-corrected chi connectivity index (χ0v) is 12.4. The van der Waals surface area contributed by atoms with Gasteiger partial charge < -0.3 is 9.51 Å². The highest BCUT2D eigenvalue weighted by molar-refractivity contribution is 5.68. The maximum Gasteiger partial charge on any atom is 0.304 e. The first kappa shape index (κ1) is 14.3. The second-order valence-corrected chi connectivity index (χ2v) is 5.60. The van der Waals surface area contributed by atoms with Crippen molar-refractivity contribution in [2.75, 3.05) is 0 Å². The summed E-state index contributed by atoms with van der Waals surface area (Å²) in [6.07, 6.45) is 4.55. The monoisotopic (exact) mass is 294 g/mol. The minimum absolute atomic E-state index is 0.0938. The molecule has 1 N–H and O–H groups in total. The summed E-state index contributed by atoms with van der Waals surface area (Å²) in [6, 6.07) is 14.0. The summed E-state index contributed by atoms with van der Waals surface area (Å²) >= 11 is 0. The average molecular weight is 294 g/mol. The standard InChI is InChI=1S/C18H18N2O2/c1-13-7-8-20-16(12-19-17(20)9-13)15(11-18(21)22)10-14-5-3-2-4-6-14/h2-9,12,15H,10-11H2,1H3,(H,21,22). The Morgan fingerprint density at radius 3 is 2.77 bits per heavy atom. The van der Waals surface area contributed by atoms with Crippen LogP contribution in [0.1, 0.15) is 29.2 Å². The third-order valence-electron chi connectivity index (χ3n) is 3.86. The summed E-state index contributed by atoms with van der Waals surface area (Å²) in [5, 5.41) is 9.25. The Kier molecular flexibility index (Phi) is 3.92. The molecule has 1 aromatic carbocycles. The van der Waals surface area contributed by atoms with E-state index in [1.165, 1.54) is 0 Å². The van der Waals surface area contributed by atoms with Crippen molar-refractivity contribution < 1.29 is 9.90 Å². The lowest BCUT2D eigenvalue weighted by molar-refractivity contribution is -0.137. The number of carbonyl (C=O) groups is 1. The molecule has 0 saturated heterocycles. The van der Waals surface area contributed by atoms with Crippen LogP contribution >= 0.6 is 0 Å². The number of carboxylic acids is 1. The largest absolute Gasteiger partial charge is 0.481 e. The van der Waals surface area contributed by atoms with Crippen LogP contribution in [0.4, 0.5) is 0 Å². The number of nitrogens with zero attached hydrogens (tertiary/aromatic N) is 2. The van der Waals surface area contributed by atoms with Crippen molar-refractivity contribution in [3.05, 3.63) is 71.7 Å². The van der Waals surface area contributed by atoms with Crippen LogP contribution in [0, 0.1) is 6.92 Å². The van der Waals surface area contributed by atoms with Gasteiger partial charge in [-0.3, -0.25) is 4.79 Å². The van der Waals surface area contributed by atoms with Gasteiger partial charge in [0.15, 0.2) is 0 Å². The molecule has 112 valence electrons. The number of aliphatic carboxylic acids is 1. The van der Waals surface area contributed by atoms with Crippen LogP contribution in [0.15, 0.2) is 54.9 Å². The lowest BCUT2D eigenvalue weighted by atomic mass is 9.93. The summed E-state index contributed by atoms with van der Waals surface area (Å²) in [4.78, 5) is 15.7. The molecule has 0 aliphatic carbocycles. The molecule has 0 fully saturated rings. The molecule has 0 aliphatic rings. The van der Waals surface area contributed by atoms with Crippen molar-refractivity contribution in [3.8, 4) is 0 Å². The Morgan fingerprint density at radius 2 is 2.05 bits per heavy atom. The van der Waals surface area contributed by atoms with Gasteiger partial charge in [-0.05, 0) is 36.6 Å². The number of fused-ring (bicyclic) bond motifs is 1. The maximum atomic E-state index is 11.3. The first-order chi connectivity index (χ1) is 10.6. The Balaban J connectivity index is 1.98. The Morgan fingerprint density at radius 1 is 1.27 bits per heavy atom. The minimum atomic E-state index is -0.789. The molecule has 0 radical (unpaired) electrons. The van der Waals surface area contributed by atoms with E-state index in [4.69, 9.17) is 0 Å². The van der Waals surface area contributed by atoms with E-state index in [1.807, 2.05) is 60.0 Å². The first-order valence-electron chi connectivity index (χ1n) is 7.33. The summed E-state index contributed by atoms with van der Waals surface area (Å²) in [5.41, 5.74) is 4.08. The van der Waals surface area contributed by atoms with Crippen molar-refractivity contribution in [1.29, 1.82) is 0 Å². The van der Waals surface area contributed by atoms with Gasteiger partial charge in [-0.2, -0.15) is 0 Å². The number of imidazole rings is 1. The number of benzene rings is 1. The molecule has 4 nitrogen and oxygen atoms in total. The molecule has 0 amide bonds. The van der Waals surface area contributed by atoms with Crippen LogP contribution in [0.3, 0.4) is 0 Å². The molecule has 0 saturated carbocycles. The van der Waals surface area contributed by atoms with Crippen LogP contribution in [0.25, 0.3) is 5.65 Å². The van der Waals surface area contributed by atoms with Gasteiger partial charge in [-0.15, -0.1) is 0 Å². The highest BCUT2D eigenvalue weighted by atomic mass is 16.4. The van der Waals surface area contributed by atoms with Gasteiger partial charge in [-0.1, -0.05) is 30.3 Å². The highest BCUT2D eigenvalue weighted by Crippen LogP contribution is 2.25. The Hall–Kier alpha value is -2.62. The van der Waals surface area contributed by atoms with Gasteiger partial charge in [0.25, 0.3) is 0 Å². The van der Waals surface area contributed by atoms with Crippen LogP contribution in [0.2, 0.25) is 0 Å². The number of rotatable bonds is 5. The molecule has 2 heterocycles. The van der Waals surface area contributed by atoms with Crippen molar-refractivity contribution in [2.24, 2.45) is 0 Å². The Bertz CT molecular complexity index is 793. The zero-order chi connectivity index (χ0) is 15.5. The van der Waals surface area contributed by atoms with Crippen LogP contribution in [0.5, 0.6) is 0 Å². The van der Waals surface area contributed by atoms with E-state index in [1.54, 1.807) is 6.20 Å². The van der Waals surface area contributed by atoms with E-state index in [-0.39, 0.29) is 12.3 Å². The van der Waals surface area contributed by atoms with Gasteiger partial charge in [0, 0.05) is 24.0 Å². The van der Waals surface area contributed by atoms with Crippen molar-refractivity contribution in [1.82, 2.24) is 9.38 Å². The Labute approximate surface area is 129 Å². The molecular weight excluding hydrogens is 276 g/mol. The van der Waals surface area contributed by atoms with Crippen molar-refractivity contribution in [3.63, 3.8) is 0 Å². The quantitative estimate of drug-likeness (QED) is 0.784. The predicted octanol–water partition coefficient (Wildman–Crippen LogP) is 3.44. The van der Waals surface area contributed by atoms with E-state index < -0.39 is 5.97 Å². The summed E-state index contributed by atoms with van der Waals surface area (Å²) in [5.74, 6) is -0.888. The van der Waals surface area contributed by atoms with Gasteiger partial charge in [-0.25, -0.2) is 4.98 Å². The van der Waals surface area contributed by atoms with E-state index in [0.29, 0.717) is 6.42 Å². The maximum absolute atomic E-state index is 11.3. The number of aromatic nitrogens is 2. The van der Waals surface area contributed by atoms with Gasteiger partial charge in [0.2, 0.25) is 0 Å². The summed E-state index contributed by atoms with van der Waals surface area (Å²) < 4.78 is 1.99. The number of hydrogen-bond acceptors (Lipinski definition) is 2.